The topological polar surface area (TPSA) is 121 Å². The quantitative estimate of drug-likeness (QED) is 0.247. The van der Waals surface area contributed by atoms with Crippen LogP contribution in [0.15, 0.2) is 4.99 Å². The molecule has 1 saturated carbocycles. The van der Waals surface area contributed by atoms with Gasteiger partial charge in [-0.05, 0) is 25.7 Å². The van der Waals surface area contributed by atoms with Gasteiger partial charge in [-0.3, -0.25) is 14.6 Å². The van der Waals surface area contributed by atoms with Crippen molar-refractivity contribution in [2.24, 2.45) is 10.7 Å². The smallest absolute Gasteiger partial charge is 0.244 e. The van der Waals surface area contributed by atoms with Crippen LogP contribution in [0.25, 0.3) is 0 Å². The highest BCUT2D eigenvalue weighted by Crippen LogP contribution is 2.17. The molecule has 2 rings (SSSR count). The van der Waals surface area contributed by atoms with E-state index in [1.807, 2.05) is 0 Å². The van der Waals surface area contributed by atoms with Gasteiger partial charge in [0.05, 0.1) is 6.04 Å². The van der Waals surface area contributed by atoms with Crippen molar-refractivity contribution < 1.29 is 9.59 Å². The van der Waals surface area contributed by atoms with E-state index in [0.29, 0.717) is 25.5 Å². The van der Waals surface area contributed by atoms with Crippen molar-refractivity contribution >= 4 is 17.8 Å². The predicted molar refractivity (Wildman–Crippen MR) is 93.5 cm³/mol. The largest absolute Gasteiger partial charge is 0.370 e. The van der Waals surface area contributed by atoms with Gasteiger partial charge >= 0.3 is 0 Å². The first-order chi connectivity index (χ1) is 11.6. The second-order valence-electron chi connectivity index (χ2n) is 6.54. The fraction of sp³-hybridized carbons (Fsp3) is 0.812. The lowest BCUT2D eigenvalue weighted by atomic mass is 9.95. The summed E-state index contributed by atoms with van der Waals surface area (Å²) >= 11 is 0. The summed E-state index contributed by atoms with van der Waals surface area (Å²) in [5.41, 5.74) is 5.55. The van der Waals surface area contributed by atoms with Crippen LogP contribution in [0.1, 0.15) is 44.9 Å². The van der Waals surface area contributed by atoms with Gasteiger partial charge in [0.25, 0.3) is 0 Å². The van der Waals surface area contributed by atoms with E-state index in [-0.39, 0.29) is 23.9 Å². The van der Waals surface area contributed by atoms with Crippen LogP contribution in [-0.2, 0) is 9.59 Å². The Balaban J connectivity index is 1.68. The van der Waals surface area contributed by atoms with Crippen molar-refractivity contribution in [3.05, 3.63) is 0 Å². The summed E-state index contributed by atoms with van der Waals surface area (Å²) in [6.45, 7) is 1.14. The zero-order valence-electron chi connectivity index (χ0n) is 14.4. The lowest BCUT2D eigenvalue weighted by Crippen LogP contribution is -2.63. The minimum Gasteiger partial charge on any atom is -0.370 e. The van der Waals surface area contributed by atoms with E-state index in [1.54, 1.807) is 7.05 Å². The second kappa shape index (κ2) is 9.46. The number of nitrogens with one attached hydrogen (secondary N) is 4. The third-order valence-electron chi connectivity index (χ3n) is 4.69. The number of hydrogen-bond donors (Lipinski definition) is 5. The number of carbonyl (C=O) groups excluding carboxylic acids is 2. The van der Waals surface area contributed by atoms with E-state index in [1.165, 1.54) is 19.3 Å². The van der Waals surface area contributed by atoms with Gasteiger partial charge in [0.15, 0.2) is 5.96 Å². The number of nitrogens with two attached hydrogens (primary N) is 1. The van der Waals surface area contributed by atoms with Gasteiger partial charge in [-0.15, -0.1) is 0 Å². The number of carbonyl (C=O) groups is 2. The Hall–Kier alpha value is -1.83. The van der Waals surface area contributed by atoms with Crippen LogP contribution < -0.4 is 27.0 Å². The van der Waals surface area contributed by atoms with Gasteiger partial charge in [0.1, 0.15) is 6.04 Å². The maximum absolute atomic E-state index is 12.3. The molecule has 2 aliphatic rings. The molecule has 2 atom stereocenters. The first kappa shape index (κ1) is 18.5. The summed E-state index contributed by atoms with van der Waals surface area (Å²) in [5, 5.41) is 12.0. The summed E-state index contributed by atoms with van der Waals surface area (Å²) in [5.74, 6) is 0.215. The zero-order chi connectivity index (χ0) is 17.4. The average molecular weight is 338 g/mol. The Morgan fingerprint density at radius 1 is 1.33 bits per heavy atom. The number of guanidine groups is 1. The maximum Gasteiger partial charge on any atom is 0.244 e. The van der Waals surface area contributed by atoms with E-state index in [2.05, 4.69) is 26.3 Å². The SMILES string of the molecule is CN=C(N)NCCCC1NCC(C(=O)NC2CCCCC2)NC1=O. The first-order valence-electron chi connectivity index (χ1n) is 8.90. The molecule has 0 aromatic carbocycles. The molecule has 1 saturated heterocycles. The molecule has 136 valence electrons. The molecule has 0 bridgehead atoms. The molecule has 1 aliphatic heterocycles. The standard InChI is InChI=1S/C16H30N6O2/c1-18-16(17)19-9-5-8-12-14(23)22-13(10-20-12)15(24)21-11-6-3-2-4-7-11/h11-13,20H,2-10H2,1H3,(H,21,24)(H,22,23)(H3,17,18,19). The molecule has 1 heterocycles. The number of aliphatic imine (C=N–C) groups is 1. The van der Waals surface area contributed by atoms with Gasteiger partial charge in [-0.25, -0.2) is 0 Å². The summed E-state index contributed by atoms with van der Waals surface area (Å²) in [6, 6.07) is -0.473. The molecule has 1 aliphatic carbocycles. The van der Waals surface area contributed by atoms with Crippen molar-refractivity contribution in [3.8, 4) is 0 Å². The summed E-state index contributed by atoms with van der Waals surface area (Å²) in [4.78, 5) is 28.3. The van der Waals surface area contributed by atoms with E-state index in [9.17, 15) is 9.59 Å². The van der Waals surface area contributed by atoms with Crippen LogP contribution in [0.5, 0.6) is 0 Å². The number of rotatable bonds is 6. The van der Waals surface area contributed by atoms with Gasteiger partial charge in [0, 0.05) is 26.2 Å². The predicted octanol–water partition coefficient (Wildman–Crippen LogP) is -0.794. The zero-order valence-corrected chi connectivity index (χ0v) is 14.4. The first-order valence-corrected chi connectivity index (χ1v) is 8.90. The van der Waals surface area contributed by atoms with Gasteiger partial charge in [-0.2, -0.15) is 0 Å². The normalized spacial score (nSPS) is 25.9. The third-order valence-corrected chi connectivity index (χ3v) is 4.69. The minimum absolute atomic E-state index is 0.0743. The van der Waals surface area contributed by atoms with Crippen molar-refractivity contribution in [2.45, 2.75) is 63.1 Å². The fourth-order valence-corrected chi connectivity index (χ4v) is 3.22. The second-order valence-corrected chi connectivity index (χ2v) is 6.54. The molecule has 0 radical (unpaired) electrons. The molecule has 8 nitrogen and oxygen atoms in total. The molecule has 0 aromatic rings. The van der Waals surface area contributed by atoms with Crippen LogP contribution in [0.2, 0.25) is 0 Å². The monoisotopic (exact) mass is 338 g/mol. The Bertz CT molecular complexity index is 461. The van der Waals surface area contributed by atoms with E-state index >= 15 is 0 Å². The summed E-state index contributed by atoms with van der Waals surface area (Å²) in [6.07, 6.45) is 7.15. The molecular weight excluding hydrogens is 308 g/mol. The van der Waals surface area contributed by atoms with E-state index in [4.69, 9.17) is 5.73 Å². The molecule has 6 N–H and O–H groups in total. The number of hydrogen-bond acceptors (Lipinski definition) is 4. The molecule has 24 heavy (non-hydrogen) atoms. The highest BCUT2D eigenvalue weighted by atomic mass is 16.2. The molecule has 2 unspecified atom stereocenters. The molecule has 0 aromatic heterocycles. The Morgan fingerprint density at radius 2 is 2.08 bits per heavy atom. The highest BCUT2D eigenvalue weighted by molar-refractivity contribution is 5.91. The summed E-state index contributed by atoms with van der Waals surface area (Å²) < 4.78 is 0. The molecule has 2 fully saturated rings. The molecule has 0 spiro atoms. The highest BCUT2D eigenvalue weighted by Gasteiger charge is 2.31. The Morgan fingerprint density at radius 3 is 2.75 bits per heavy atom. The van der Waals surface area contributed by atoms with Crippen molar-refractivity contribution in [3.63, 3.8) is 0 Å². The van der Waals surface area contributed by atoms with Crippen LogP contribution in [0, 0.1) is 0 Å². The van der Waals surface area contributed by atoms with Gasteiger partial charge in [-0.1, -0.05) is 19.3 Å². The Labute approximate surface area is 143 Å². The Kier molecular flexibility index (Phi) is 7.30. The lowest BCUT2D eigenvalue weighted by Gasteiger charge is -2.31. The van der Waals surface area contributed by atoms with Crippen LogP contribution >= 0.6 is 0 Å². The van der Waals surface area contributed by atoms with Gasteiger partial charge < -0.3 is 27.0 Å². The van der Waals surface area contributed by atoms with E-state index in [0.717, 1.165) is 19.3 Å². The number of amides is 2. The van der Waals surface area contributed by atoms with Crippen LogP contribution in [0.4, 0.5) is 0 Å². The molecular formula is C16H30N6O2. The molecule has 8 heteroatoms. The van der Waals surface area contributed by atoms with Crippen LogP contribution in [-0.4, -0.2) is 56.0 Å². The third kappa shape index (κ3) is 5.67. The van der Waals surface area contributed by atoms with Crippen molar-refractivity contribution in [1.82, 2.24) is 21.3 Å². The average Bonchev–Trinajstić information content (AvgIpc) is 2.60. The van der Waals surface area contributed by atoms with Crippen molar-refractivity contribution in [2.75, 3.05) is 20.1 Å². The fourth-order valence-electron chi connectivity index (χ4n) is 3.22. The minimum atomic E-state index is -0.475. The number of piperazine rings is 1. The summed E-state index contributed by atoms with van der Waals surface area (Å²) in [7, 11) is 1.62. The van der Waals surface area contributed by atoms with Gasteiger partial charge in [0.2, 0.25) is 11.8 Å². The van der Waals surface area contributed by atoms with Crippen LogP contribution in [0.3, 0.4) is 0 Å². The lowest BCUT2D eigenvalue weighted by molar-refractivity contribution is -0.132. The maximum atomic E-state index is 12.3. The number of nitrogens with zero attached hydrogens (tertiary/aromatic N) is 1. The van der Waals surface area contributed by atoms with Crippen molar-refractivity contribution in [1.29, 1.82) is 0 Å². The molecule has 2 amide bonds. The van der Waals surface area contributed by atoms with E-state index < -0.39 is 6.04 Å².